The molecule has 0 saturated carbocycles. The number of hydrogen-bond acceptors (Lipinski definition) is 4. The number of hydrogen-bond donors (Lipinski definition) is 0. The molecule has 2 unspecified atom stereocenters. The second-order valence-electron chi connectivity index (χ2n) is 5.50. The molecule has 0 N–H and O–H groups in total. The molecule has 0 spiro atoms. The Morgan fingerprint density at radius 2 is 2.00 bits per heavy atom. The van der Waals surface area contributed by atoms with Gasteiger partial charge >= 0.3 is 0 Å². The van der Waals surface area contributed by atoms with Crippen LogP contribution in [0.5, 0.6) is 0 Å². The maximum atomic E-state index is 4.67. The smallest absolute Gasteiger partial charge is 0.240 e. The van der Waals surface area contributed by atoms with E-state index in [2.05, 4.69) is 51.4 Å². The SMILES string of the molecule is Cc1ncnn1-c1nc2n(n1)C(c1ccccc1)CC2C. The average Bonchev–Trinajstić information content (AvgIpc) is 3.17. The lowest BCUT2D eigenvalue weighted by Crippen LogP contribution is -2.09. The van der Waals surface area contributed by atoms with Crippen LogP contribution in [0.1, 0.15) is 42.5 Å². The minimum absolute atomic E-state index is 0.251. The summed E-state index contributed by atoms with van der Waals surface area (Å²) in [4.78, 5) is 8.80. The van der Waals surface area contributed by atoms with Gasteiger partial charge in [-0.25, -0.2) is 9.67 Å². The highest BCUT2D eigenvalue weighted by atomic mass is 15.5. The van der Waals surface area contributed by atoms with Crippen LogP contribution in [-0.2, 0) is 0 Å². The third kappa shape index (κ3) is 1.86. The molecule has 0 radical (unpaired) electrons. The van der Waals surface area contributed by atoms with Crippen LogP contribution in [0.15, 0.2) is 36.7 Å². The van der Waals surface area contributed by atoms with Gasteiger partial charge in [0.2, 0.25) is 0 Å². The molecule has 0 saturated heterocycles. The van der Waals surface area contributed by atoms with E-state index in [1.807, 2.05) is 17.7 Å². The first-order valence-corrected chi connectivity index (χ1v) is 7.12. The molecule has 3 aromatic rings. The van der Waals surface area contributed by atoms with Crippen LogP contribution in [0.25, 0.3) is 5.95 Å². The molecule has 6 nitrogen and oxygen atoms in total. The molecule has 106 valence electrons. The molecule has 0 amide bonds. The second kappa shape index (κ2) is 4.51. The standard InChI is InChI=1S/C15H16N6/c1-10-8-13(12-6-4-3-5-7-12)21-14(10)18-15(19-21)20-11(2)16-9-17-20/h3-7,9-10,13H,8H2,1-2H3. The van der Waals surface area contributed by atoms with Crippen molar-refractivity contribution >= 4 is 0 Å². The zero-order valence-corrected chi connectivity index (χ0v) is 12.0. The molecule has 1 aliphatic heterocycles. The number of fused-ring (bicyclic) bond motifs is 1. The van der Waals surface area contributed by atoms with E-state index in [1.54, 1.807) is 4.68 Å². The van der Waals surface area contributed by atoms with E-state index >= 15 is 0 Å². The molecule has 0 fully saturated rings. The van der Waals surface area contributed by atoms with E-state index in [0.29, 0.717) is 11.9 Å². The van der Waals surface area contributed by atoms with E-state index in [0.717, 1.165) is 18.1 Å². The Kier molecular flexibility index (Phi) is 2.63. The molecule has 0 aliphatic carbocycles. The lowest BCUT2D eigenvalue weighted by atomic mass is 10.0. The van der Waals surface area contributed by atoms with Crippen LogP contribution in [-0.4, -0.2) is 29.5 Å². The maximum Gasteiger partial charge on any atom is 0.271 e. The summed E-state index contributed by atoms with van der Waals surface area (Å²) in [7, 11) is 0. The fraction of sp³-hybridized carbons (Fsp3) is 0.333. The zero-order chi connectivity index (χ0) is 14.4. The molecule has 0 bridgehead atoms. The van der Waals surface area contributed by atoms with E-state index < -0.39 is 0 Å². The number of aromatic nitrogens is 6. The molecule has 4 rings (SSSR count). The van der Waals surface area contributed by atoms with Gasteiger partial charge in [0.1, 0.15) is 18.0 Å². The minimum atomic E-state index is 0.251. The predicted molar refractivity (Wildman–Crippen MR) is 77.3 cm³/mol. The van der Waals surface area contributed by atoms with Crippen LogP contribution < -0.4 is 0 Å². The summed E-state index contributed by atoms with van der Waals surface area (Å²) in [5, 5.41) is 8.86. The molecule has 2 aromatic heterocycles. The molecular weight excluding hydrogens is 264 g/mol. The summed E-state index contributed by atoms with van der Waals surface area (Å²) >= 11 is 0. The Morgan fingerprint density at radius 3 is 2.71 bits per heavy atom. The Labute approximate surface area is 122 Å². The van der Waals surface area contributed by atoms with E-state index in [4.69, 9.17) is 0 Å². The van der Waals surface area contributed by atoms with Crippen LogP contribution >= 0.6 is 0 Å². The van der Waals surface area contributed by atoms with Gasteiger partial charge in [0.25, 0.3) is 5.95 Å². The molecule has 3 heterocycles. The summed E-state index contributed by atoms with van der Waals surface area (Å²) in [6, 6.07) is 10.7. The van der Waals surface area contributed by atoms with E-state index in [9.17, 15) is 0 Å². The van der Waals surface area contributed by atoms with Crippen molar-refractivity contribution in [2.45, 2.75) is 32.2 Å². The van der Waals surface area contributed by atoms with Crippen LogP contribution in [0.3, 0.4) is 0 Å². The molecule has 2 atom stereocenters. The molecule has 21 heavy (non-hydrogen) atoms. The highest BCUT2D eigenvalue weighted by molar-refractivity contribution is 5.26. The van der Waals surface area contributed by atoms with Crippen molar-refractivity contribution in [1.29, 1.82) is 0 Å². The van der Waals surface area contributed by atoms with Crippen molar-refractivity contribution in [2.24, 2.45) is 0 Å². The molecule has 1 aromatic carbocycles. The van der Waals surface area contributed by atoms with Gasteiger partial charge in [-0.1, -0.05) is 37.3 Å². The summed E-state index contributed by atoms with van der Waals surface area (Å²) < 4.78 is 3.72. The average molecular weight is 280 g/mol. The van der Waals surface area contributed by atoms with Crippen LogP contribution in [0.2, 0.25) is 0 Å². The zero-order valence-electron chi connectivity index (χ0n) is 12.0. The number of benzene rings is 1. The van der Waals surface area contributed by atoms with E-state index in [-0.39, 0.29) is 6.04 Å². The first kappa shape index (κ1) is 12.3. The van der Waals surface area contributed by atoms with Crippen molar-refractivity contribution < 1.29 is 0 Å². The normalized spacial score (nSPS) is 20.7. The Bertz CT molecular complexity index is 773. The number of rotatable bonds is 2. The molecule has 6 heteroatoms. The predicted octanol–water partition coefficient (Wildman–Crippen LogP) is 2.26. The highest BCUT2D eigenvalue weighted by Gasteiger charge is 2.33. The van der Waals surface area contributed by atoms with Crippen LogP contribution in [0, 0.1) is 6.92 Å². The van der Waals surface area contributed by atoms with Crippen molar-refractivity contribution in [3.05, 3.63) is 53.9 Å². The number of nitrogens with zero attached hydrogens (tertiary/aromatic N) is 6. The monoisotopic (exact) mass is 280 g/mol. The lowest BCUT2D eigenvalue weighted by Gasteiger charge is -2.11. The number of aryl methyl sites for hydroxylation is 1. The summed E-state index contributed by atoms with van der Waals surface area (Å²) in [5.41, 5.74) is 1.27. The van der Waals surface area contributed by atoms with Gasteiger partial charge in [0.05, 0.1) is 6.04 Å². The minimum Gasteiger partial charge on any atom is -0.240 e. The fourth-order valence-electron chi connectivity index (χ4n) is 2.97. The fourth-order valence-corrected chi connectivity index (χ4v) is 2.97. The van der Waals surface area contributed by atoms with Gasteiger partial charge in [-0.15, -0.1) is 5.10 Å². The second-order valence-corrected chi connectivity index (χ2v) is 5.50. The van der Waals surface area contributed by atoms with Gasteiger partial charge in [-0.3, -0.25) is 0 Å². The van der Waals surface area contributed by atoms with E-state index in [1.165, 1.54) is 11.9 Å². The largest absolute Gasteiger partial charge is 0.271 e. The van der Waals surface area contributed by atoms with Crippen molar-refractivity contribution in [3.63, 3.8) is 0 Å². The first-order chi connectivity index (χ1) is 10.2. The summed E-state index contributed by atoms with van der Waals surface area (Å²) in [6.07, 6.45) is 2.57. The first-order valence-electron chi connectivity index (χ1n) is 7.12. The molecule has 1 aliphatic rings. The molecular formula is C15H16N6. The third-order valence-electron chi connectivity index (χ3n) is 4.05. The quantitative estimate of drug-likeness (QED) is 0.722. The Balaban J connectivity index is 1.80. The lowest BCUT2D eigenvalue weighted by molar-refractivity contribution is 0.537. The van der Waals surface area contributed by atoms with Crippen molar-refractivity contribution in [2.75, 3.05) is 0 Å². The summed E-state index contributed by atoms with van der Waals surface area (Å²) in [5.74, 6) is 2.81. The van der Waals surface area contributed by atoms with Gasteiger partial charge in [0.15, 0.2) is 0 Å². The van der Waals surface area contributed by atoms with Gasteiger partial charge in [-0.2, -0.15) is 14.8 Å². The van der Waals surface area contributed by atoms with Crippen LogP contribution in [0.4, 0.5) is 0 Å². The summed E-state index contributed by atoms with van der Waals surface area (Å²) in [6.45, 7) is 4.10. The third-order valence-corrected chi connectivity index (χ3v) is 4.05. The highest BCUT2D eigenvalue weighted by Crippen LogP contribution is 2.38. The van der Waals surface area contributed by atoms with Gasteiger partial charge in [-0.05, 0) is 18.9 Å². The Morgan fingerprint density at radius 1 is 1.19 bits per heavy atom. The topological polar surface area (TPSA) is 61.4 Å². The van der Waals surface area contributed by atoms with Crippen molar-refractivity contribution in [3.8, 4) is 5.95 Å². The van der Waals surface area contributed by atoms with Gasteiger partial charge in [0, 0.05) is 5.92 Å². The maximum absolute atomic E-state index is 4.67. The van der Waals surface area contributed by atoms with Crippen molar-refractivity contribution in [1.82, 2.24) is 29.5 Å². The van der Waals surface area contributed by atoms with Gasteiger partial charge < -0.3 is 0 Å². The Hall–Kier alpha value is -2.50.